The summed E-state index contributed by atoms with van der Waals surface area (Å²) in [6.07, 6.45) is 5.33. The number of ether oxygens (including phenoxy) is 1. The summed E-state index contributed by atoms with van der Waals surface area (Å²) in [5, 5.41) is 0.678. The number of piperidine rings is 1. The van der Waals surface area contributed by atoms with E-state index < -0.39 is 0 Å². The van der Waals surface area contributed by atoms with Crippen LogP contribution in [0.15, 0.2) is 36.7 Å². The fourth-order valence-electron chi connectivity index (χ4n) is 2.26. The zero-order valence-corrected chi connectivity index (χ0v) is 12.3. The van der Waals surface area contributed by atoms with Gasteiger partial charge in [-0.2, -0.15) is 0 Å². The summed E-state index contributed by atoms with van der Waals surface area (Å²) in [5.41, 5.74) is 5.90. The van der Waals surface area contributed by atoms with E-state index in [1.54, 1.807) is 24.5 Å². The van der Waals surface area contributed by atoms with E-state index in [-0.39, 0.29) is 0 Å². The average molecular weight is 305 g/mol. The van der Waals surface area contributed by atoms with Crippen molar-refractivity contribution in [3.63, 3.8) is 0 Å². The van der Waals surface area contributed by atoms with Crippen LogP contribution in [-0.4, -0.2) is 29.1 Å². The smallest absolute Gasteiger partial charge is 0.225 e. The Balaban J connectivity index is 1.65. The molecule has 0 amide bonds. The van der Waals surface area contributed by atoms with E-state index in [0.29, 0.717) is 22.6 Å². The van der Waals surface area contributed by atoms with Crippen LogP contribution in [-0.2, 0) is 0 Å². The Morgan fingerprint density at radius 3 is 2.29 bits per heavy atom. The number of anilines is 1. The van der Waals surface area contributed by atoms with Crippen LogP contribution in [0.3, 0.4) is 0 Å². The van der Waals surface area contributed by atoms with Gasteiger partial charge >= 0.3 is 0 Å². The number of benzene rings is 1. The van der Waals surface area contributed by atoms with Gasteiger partial charge in [0.15, 0.2) is 5.75 Å². The third-order valence-corrected chi connectivity index (χ3v) is 3.74. The maximum atomic E-state index is 5.90. The van der Waals surface area contributed by atoms with Gasteiger partial charge in [0.1, 0.15) is 5.75 Å². The van der Waals surface area contributed by atoms with Gasteiger partial charge in [0, 0.05) is 24.2 Å². The molecular formula is C15H17ClN4O. The fourth-order valence-corrected chi connectivity index (χ4v) is 2.39. The van der Waals surface area contributed by atoms with Crippen LogP contribution >= 0.6 is 11.6 Å². The van der Waals surface area contributed by atoms with Crippen LogP contribution in [0.25, 0.3) is 0 Å². The lowest BCUT2D eigenvalue weighted by Crippen LogP contribution is -2.40. The first-order chi connectivity index (χ1) is 10.2. The molecule has 0 saturated carbocycles. The van der Waals surface area contributed by atoms with E-state index in [0.717, 1.165) is 31.9 Å². The third kappa shape index (κ3) is 3.62. The summed E-state index contributed by atoms with van der Waals surface area (Å²) in [5.74, 6) is 2.04. The van der Waals surface area contributed by atoms with Crippen molar-refractivity contribution >= 4 is 17.5 Å². The zero-order valence-electron chi connectivity index (χ0n) is 11.6. The quantitative estimate of drug-likeness (QED) is 0.944. The summed E-state index contributed by atoms with van der Waals surface area (Å²) in [4.78, 5) is 10.9. The molecule has 21 heavy (non-hydrogen) atoms. The molecule has 0 bridgehead atoms. The van der Waals surface area contributed by atoms with Crippen LogP contribution in [0.1, 0.15) is 12.8 Å². The van der Waals surface area contributed by atoms with E-state index in [4.69, 9.17) is 22.1 Å². The highest BCUT2D eigenvalue weighted by molar-refractivity contribution is 6.30. The maximum Gasteiger partial charge on any atom is 0.225 e. The predicted octanol–water partition coefficient (Wildman–Crippen LogP) is 2.85. The van der Waals surface area contributed by atoms with Gasteiger partial charge < -0.3 is 15.4 Å². The topological polar surface area (TPSA) is 64.3 Å². The molecule has 2 N–H and O–H groups in total. The van der Waals surface area contributed by atoms with Gasteiger partial charge in [-0.1, -0.05) is 11.6 Å². The first kappa shape index (κ1) is 14.1. The lowest BCUT2D eigenvalue weighted by Gasteiger charge is -2.29. The van der Waals surface area contributed by atoms with Gasteiger partial charge in [-0.25, -0.2) is 9.97 Å². The van der Waals surface area contributed by atoms with Crippen LogP contribution in [0.2, 0.25) is 5.02 Å². The second-order valence-electron chi connectivity index (χ2n) is 5.10. The summed E-state index contributed by atoms with van der Waals surface area (Å²) in [6, 6.07) is 7.48. The van der Waals surface area contributed by atoms with E-state index in [1.807, 2.05) is 12.1 Å². The van der Waals surface area contributed by atoms with Crippen LogP contribution in [0, 0.1) is 0 Å². The largest absolute Gasteiger partial charge is 0.454 e. The molecule has 0 spiro atoms. The van der Waals surface area contributed by atoms with Gasteiger partial charge in [-0.3, -0.25) is 0 Å². The maximum absolute atomic E-state index is 5.90. The Morgan fingerprint density at radius 1 is 1.05 bits per heavy atom. The number of rotatable bonds is 3. The second-order valence-corrected chi connectivity index (χ2v) is 5.54. The minimum atomic E-state index is 0.300. The van der Waals surface area contributed by atoms with E-state index >= 15 is 0 Å². The van der Waals surface area contributed by atoms with Crippen LogP contribution < -0.4 is 15.4 Å². The van der Waals surface area contributed by atoms with Crippen molar-refractivity contribution in [3.8, 4) is 11.5 Å². The van der Waals surface area contributed by atoms with Crippen molar-refractivity contribution in [2.75, 3.05) is 18.0 Å². The summed E-state index contributed by atoms with van der Waals surface area (Å²) < 4.78 is 5.67. The van der Waals surface area contributed by atoms with Crippen molar-refractivity contribution in [2.45, 2.75) is 18.9 Å². The molecule has 2 aromatic rings. The lowest BCUT2D eigenvalue weighted by molar-refractivity contribution is 0.473. The molecule has 1 aromatic carbocycles. The molecule has 1 aliphatic rings. The summed E-state index contributed by atoms with van der Waals surface area (Å²) >= 11 is 5.84. The van der Waals surface area contributed by atoms with E-state index in [2.05, 4.69) is 14.9 Å². The van der Waals surface area contributed by atoms with E-state index in [9.17, 15) is 0 Å². The Hall–Kier alpha value is -1.85. The molecule has 5 nitrogen and oxygen atoms in total. The van der Waals surface area contributed by atoms with Crippen molar-refractivity contribution in [1.82, 2.24) is 9.97 Å². The number of nitrogens with two attached hydrogens (primary N) is 1. The SMILES string of the molecule is NC1CCN(c2ncc(Oc3ccc(Cl)cc3)cn2)CC1. The van der Waals surface area contributed by atoms with Gasteiger partial charge in [-0.15, -0.1) is 0 Å². The normalized spacial score (nSPS) is 16.0. The molecule has 0 aliphatic carbocycles. The Bertz CT molecular complexity index is 580. The summed E-state index contributed by atoms with van der Waals surface area (Å²) in [7, 11) is 0. The molecule has 0 radical (unpaired) electrons. The minimum Gasteiger partial charge on any atom is -0.454 e. The number of nitrogens with zero attached hydrogens (tertiary/aromatic N) is 3. The number of hydrogen-bond acceptors (Lipinski definition) is 5. The summed E-state index contributed by atoms with van der Waals surface area (Å²) in [6.45, 7) is 1.80. The van der Waals surface area contributed by atoms with Gasteiger partial charge in [0.25, 0.3) is 0 Å². The lowest BCUT2D eigenvalue weighted by atomic mass is 10.1. The number of hydrogen-bond donors (Lipinski definition) is 1. The molecule has 2 heterocycles. The highest BCUT2D eigenvalue weighted by Gasteiger charge is 2.18. The molecule has 1 aromatic heterocycles. The van der Waals surface area contributed by atoms with Crippen molar-refractivity contribution in [2.24, 2.45) is 5.73 Å². The highest BCUT2D eigenvalue weighted by Crippen LogP contribution is 2.23. The predicted molar refractivity (Wildman–Crippen MR) is 83.0 cm³/mol. The van der Waals surface area contributed by atoms with Crippen LogP contribution in [0.4, 0.5) is 5.95 Å². The third-order valence-electron chi connectivity index (χ3n) is 3.49. The number of halogens is 1. The highest BCUT2D eigenvalue weighted by atomic mass is 35.5. The molecule has 3 rings (SSSR count). The Morgan fingerprint density at radius 2 is 1.67 bits per heavy atom. The Labute approximate surface area is 128 Å². The van der Waals surface area contributed by atoms with Crippen LogP contribution in [0.5, 0.6) is 11.5 Å². The first-order valence-electron chi connectivity index (χ1n) is 6.97. The molecule has 110 valence electrons. The van der Waals surface area contributed by atoms with Crippen molar-refractivity contribution in [1.29, 1.82) is 0 Å². The molecule has 1 saturated heterocycles. The zero-order chi connectivity index (χ0) is 14.7. The molecule has 1 aliphatic heterocycles. The minimum absolute atomic E-state index is 0.300. The molecule has 0 unspecified atom stereocenters. The van der Waals surface area contributed by atoms with Crippen molar-refractivity contribution in [3.05, 3.63) is 41.7 Å². The van der Waals surface area contributed by atoms with Gasteiger partial charge in [0.2, 0.25) is 5.95 Å². The van der Waals surface area contributed by atoms with Crippen molar-refractivity contribution < 1.29 is 4.74 Å². The number of aromatic nitrogens is 2. The molecular weight excluding hydrogens is 288 g/mol. The van der Waals surface area contributed by atoms with E-state index in [1.165, 1.54) is 0 Å². The molecule has 0 atom stereocenters. The first-order valence-corrected chi connectivity index (χ1v) is 7.34. The van der Waals surface area contributed by atoms with Gasteiger partial charge in [-0.05, 0) is 37.1 Å². The molecule has 1 fully saturated rings. The molecule has 6 heteroatoms. The second kappa shape index (κ2) is 6.28. The monoisotopic (exact) mass is 304 g/mol. The van der Waals surface area contributed by atoms with Gasteiger partial charge in [0.05, 0.1) is 12.4 Å². The standard InChI is InChI=1S/C15H17ClN4O/c16-11-1-3-13(4-2-11)21-14-9-18-15(19-10-14)20-7-5-12(17)6-8-20/h1-4,9-10,12H,5-8,17H2. The fraction of sp³-hybridized carbons (Fsp3) is 0.333. The Kier molecular flexibility index (Phi) is 4.22. The average Bonchev–Trinajstić information content (AvgIpc) is 2.51.